The van der Waals surface area contributed by atoms with Gasteiger partial charge in [-0.3, -0.25) is 4.79 Å². The third-order valence-electron chi connectivity index (χ3n) is 4.54. The molecule has 2 aliphatic rings. The Bertz CT molecular complexity index is 471. The highest BCUT2D eigenvalue weighted by atomic mass is 16.5. The van der Waals surface area contributed by atoms with Crippen LogP contribution in [-0.4, -0.2) is 25.1 Å². The molecule has 1 unspecified atom stereocenters. The zero-order chi connectivity index (χ0) is 13.3. The Morgan fingerprint density at radius 3 is 2.89 bits per heavy atom. The summed E-state index contributed by atoms with van der Waals surface area (Å²) in [5, 5.41) is 0. The van der Waals surface area contributed by atoms with E-state index in [1.165, 1.54) is 6.42 Å². The zero-order valence-electron chi connectivity index (χ0n) is 11.4. The van der Waals surface area contributed by atoms with Gasteiger partial charge in [0.1, 0.15) is 11.5 Å². The van der Waals surface area contributed by atoms with Crippen molar-refractivity contribution in [2.24, 2.45) is 0 Å². The van der Waals surface area contributed by atoms with Gasteiger partial charge in [0, 0.05) is 25.0 Å². The number of carbonyl (C=O) groups is 1. The van der Waals surface area contributed by atoms with Crippen molar-refractivity contribution in [2.45, 2.75) is 43.6 Å². The zero-order valence-corrected chi connectivity index (χ0v) is 11.4. The van der Waals surface area contributed by atoms with Crippen molar-refractivity contribution in [3.05, 3.63) is 29.8 Å². The van der Waals surface area contributed by atoms with E-state index in [1.54, 1.807) is 7.11 Å². The SMILES string of the molecule is COC1(CC(=O)C2CCOc3ccccc32)CCC1. The summed E-state index contributed by atoms with van der Waals surface area (Å²) in [6, 6.07) is 7.89. The van der Waals surface area contributed by atoms with E-state index in [0.29, 0.717) is 18.8 Å². The lowest BCUT2D eigenvalue weighted by Gasteiger charge is -2.41. The van der Waals surface area contributed by atoms with E-state index in [0.717, 1.165) is 30.6 Å². The topological polar surface area (TPSA) is 35.5 Å². The minimum atomic E-state index is -0.176. The molecule has 0 N–H and O–H groups in total. The lowest BCUT2D eigenvalue weighted by atomic mass is 9.73. The Labute approximate surface area is 113 Å². The first-order chi connectivity index (χ1) is 9.24. The van der Waals surface area contributed by atoms with Crippen molar-refractivity contribution in [1.29, 1.82) is 0 Å². The fourth-order valence-corrected chi connectivity index (χ4v) is 3.14. The number of ketones is 1. The highest BCUT2D eigenvalue weighted by Gasteiger charge is 2.41. The molecule has 1 heterocycles. The second-order valence-electron chi connectivity index (χ2n) is 5.61. The molecule has 0 bridgehead atoms. The molecule has 1 aliphatic carbocycles. The Morgan fingerprint density at radius 2 is 2.21 bits per heavy atom. The summed E-state index contributed by atoms with van der Waals surface area (Å²) < 4.78 is 11.2. The number of fused-ring (bicyclic) bond motifs is 1. The molecule has 0 spiro atoms. The second kappa shape index (κ2) is 4.97. The van der Waals surface area contributed by atoms with Crippen LogP contribution in [-0.2, 0) is 9.53 Å². The van der Waals surface area contributed by atoms with E-state index in [9.17, 15) is 4.79 Å². The third-order valence-corrected chi connectivity index (χ3v) is 4.54. The molecule has 1 aromatic rings. The molecule has 3 heteroatoms. The van der Waals surface area contributed by atoms with Gasteiger partial charge in [0.2, 0.25) is 0 Å². The number of rotatable bonds is 4. The monoisotopic (exact) mass is 260 g/mol. The van der Waals surface area contributed by atoms with Gasteiger partial charge in [-0.05, 0) is 31.7 Å². The summed E-state index contributed by atoms with van der Waals surface area (Å²) in [5.41, 5.74) is 0.869. The van der Waals surface area contributed by atoms with Crippen LogP contribution in [0.1, 0.15) is 43.6 Å². The fraction of sp³-hybridized carbons (Fsp3) is 0.562. The lowest BCUT2D eigenvalue weighted by molar-refractivity contribution is -0.134. The van der Waals surface area contributed by atoms with E-state index >= 15 is 0 Å². The first kappa shape index (κ1) is 12.7. The summed E-state index contributed by atoms with van der Waals surface area (Å²) >= 11 is 0. The number of hydrogen-bond donors (Lipinski definition) is 0. The maximum atomic E-state index is 12.6. The Balaban J connectivity index is 1.78. The first-order valence-electron chi connectivity index (χ1n) is 7.04. The molecular weight excluding hydrogens is 240 g/mol. The number of carbonyl (C=O) groups excluding carboxylic acids is 1. The summed E-state index contributed by atoms with van der Waals surface area (Å²) in [7, 11) is 1.73. The number of ether oxygens (including phenoxy) is 2. The number of hydrogen-bond acceptors (Lipinski definition) is 3. The Hall–Kier alpha value is -1.35. The second-order valence-corrected chi connectivity index (χ2v) is 5.61. The van der Waals surface area contributed by atoms with Crippen LogP contribution in [0.5, 0.6) is 5.75 Å². The van der Waals surface area contributed by atoms with Crippen LogP contribution >= 0.6 is 0 Å². The molecule has 3 nitrogen and oxygen atoms in total. The minimum Gasteiger partial charge on any atom is -0.493 e. The smallest absolute Gasteiger partial charge is 0.143 e. The maximum absolute atomic E-state index is 12.6. The van der Waals surface area contributed by atoms with Crippen molar-refractivity contribution in [3.63, 3.8) is 0 Å². The van der Waals surface area contributed by atoms with Crippen LogP contribution in [0, 0.1) is 0 Å². The first-order valence-corrected chi connectivity index (χ1v) is 7.04. The van der Waals surface area contributed by atoms with Gasteiger partial charge in [0.05, 0.1) is 12.2 Å². The van der Waals surface area contributed by atoms with Crippen molar-refractivity contribution in [3.8, 4) is 5.75 Å². The van der Waals surface area contributed by atoms with E-state index in [2.05, 4.69) is 0 Å². The maximum Gasteiger partial charge on any atom is 0.143 e. The number of para-hydroxylation sites is 1. The van der Waals surface area contributed by atoms with Gasteiger partial charge in [0.15, 0.2) is 0 Å². The molecule has 0 radical (unpaired) electrons. The molecule has 3 rings (SSSR count). The molecule has 1 aliphatic heterocycles. The predicted octanol–water partition coefficient (Wildman–Crippen LogP) is 3.08. The minimum absolute atomic E-state index is 0.0161. The van der Waals surface area contributed by atoms with Crippen LogP contribution in [0.2, 0.25) is 0 Å². The standard InChI is InChI=1S/C16H20O3/c1-18-16(8-4-9-16)11-14(17)12-7-10-19-15-6-3-2-5-13(12)15/h2-3,5-6,12H,4,7-11H2,1H3. The summed E-state index contributed by atoms with van der Waals surface area (Å²) in [6.07, 6.45) is 4.53. The molecule has 0 saturated heterocycles. The van der Waals surface area contributed by atoms with Crippen LogP contribution in [0.3, 0.4) is 0 Å². The van der Waals surface area contributed by atoms with Crippen molar-refractivity contribution < 1.29 is 14.3 Å². The molecule has 1 saturated carbocycles. The third kappa shape index (κ3) is 2.27. The Kier molecular flexibility index (Phi) is 3.31. The van der Waals surface area contributed by atoms with Gasteiger partial charge in [0.25, 0.3) is 0 Å². The molecule has 1 aromatic carbocycles. The number of benzene rings is 1. The molecular formula is C16H20O3. The van der Waals surface area contributed by atoms with E-state index in [-0.39, 0.29) is 11.5 Å². The molecule has 0 amide bonds. The average Bonchev–Trinajstić information content (AvgIpc) is 2.42. The van der Waals surface area contributed by atoms with Gasteiger partial charge in [-0.25, -0.2) is 0 Å². The molecule has 19 heavy (non-hydrogen) atoms. The number of Topliss-reactive ketones (excluding diaryl/α,β-unsaturated/α-hetero) is 1. The van der Waals surface area contributed by atoms with Gasteiger partial charge >= 0.3 is 0 Å². The average molecular weight is 260 g/mol. The largest absolute Gasteiger partial charge is 0.493 e. The van der Waals surface area contributed by atoms with Crippen molar-refractivity contribution >= 4 is 5.78 Å². The van der Waals surface area contributed by atoms with Gasteiger partial charge in [-0.1, -0.05) is 18.2 Å². The van der Waals surface area contributed by atoms with Crippen molar-refractivity contribution in [2.75, 3.05) is 13.7 Å². The van der Waals surface area contributed by atoms with Gasteiger partial charge in [-0.2, -0.15) is 0 Å². The van der Waals surface area contributed by atoms with E-state index < -0.39 is 0 Å². The summed E-state index contributed by atoms with van der Waals surface area (Å²) in [6.45, 7) is 0.632. The molecule has 0 aromatic heterocycles. The highest BCUT2D eigenvalue weighted by molar-refractivity contribution is 5.87. The molecule has 102 valence electrons. The normalized spacial score (nSPS) is 23.9. The predicted molar refractivity (Wildman–Crippen MR) is 72.5 cm³/mol. The quantitative estimate of drug-likeness (QED) is 0.834. The van der Waals surface area contributed by atoms with Crippen molar-refractivity contribution in [1.82, 2.24) is 0 Å². The van der Waals surface area contributed by atoms with E-state index in [4.69, 9.17) is 9.47 Å². The van der Waals surface area contributed by atoms with Gasteiger partial charge in [-0.15, -0.1) is 0 Å². The van der Waals surface area contributed by atoms with Crippen LogP contribution in [0.15, 0.2) is 24.3 Å². The number of methoxy groups -OCH3 is 1. The van der Waals surface area contributed by atoms with Gasteiger partial charge < -0.3 is 9.47 Å². The van der Waals surface area contributed by atoms with Crippen LogP contribution in [0.25, 0.3) is 0 Å². The molecule has 1 fully saturated rings. The fourth-order valence-electron chi connectivity index (χ4n) is 3.14. The van der Waals surface area contributed by atoms with Crippen LogP contribution < -0.4 is 4.74 Å². The molecule has 1 atom stereocenters. The lowest BCUT2D eigenvalue weighted by Crippen LogP contribution is -2.42. The van der Waals surface area contributed by atoms with Crippen LogP contribution in [0.4, 0.5) is 0 Å². The Morgan fingerprint density at radius 1 is 1.42 bits per heavy atom. The summed E-state index contributed by atoms with van der Waals surface area (Å²) in [4.78, 5) is 12.6. The van der Waals surface area contributed by atoms with E-state index in [1.807, 2.05) is 24.3 Å². The highest BCUT2D eigenvalue weighted by Crippen LogP contribution is 2.42. The summed E-state index contributed by atoms with van der Waals surface area (Å²) in [5.74, 6) is 1.15.